The van der Waals surface area contributed by atoms with E-state index >= 15 is 0 Å². The van der Waals surface area contributed by atoms with Crippen molar-refractivity contribution in [3.8, 4) is 0 Å². The zero-order valence-corrected chi connectivity index (χ0v) is 11.9. The number of halogens is 1. The molecule has 1 aromatic heterocycles. The van der Waals surface area contributed by atoms with Gasteiger partial charge in [-0.05, 0) is 42.1 Å². The van der Waals surface area contributed by atoms with Crippen LogP contribution in [0.5, 0.6) is 0 Å². The number of aryl methyl sites for hydroxylation is 1. The lowest BCUT2D eigenvalue weighted by atomic mass is 10.1. The fourth-order valence-electron chi connectivity index (χ4n) is 2.30. The molecule has 0 saturated carbocycles. The minimum atomic E-state index is -0.594. The van der Waals surface area contributed by atoms with Gasteiger partial charge in [-0.1, -0.05) is 6.92 Å². The molecule has 1 saturated heterocycles. The van der Waals surface area contributed by atoms with Gasteiger partial charge in [0, 0.05) is 6.54 Å². The Hall–Kier alpha value is -0.390. The van der Waals surface area contributed by atoms with Gasteiger partial charge in [0.05, 0.1) is 28.6 Å². The monoisotopic (exact) mass is 302 g/mol. The Kier molecular flexibility index (Phi) is 4.22. The lowest BCUT2D eigenvalue weighted by Gasteiger charge is -2.20. The number of aliphatic hydroxyl groups is 1. The molecule has 0 aromatic carbocycles. The largest absolute Gasteiger partial charge is 0.384 e. The maximum absolute atomic E-state index is 10.4. The SMILES string of the molecule is CCCn1ncc(Br)c1C(O)C1CCC(C)O1. The van der Waals surface area contributed by atoms with Gasteiger partial charge >= 0.3 is 0 Å². The molecular weight excluding hydrogens is 284 g/mol. The van der Waals surface area contributed by atoms with Crippen molar-refractivity contribution >= 4 is 15.9 Å². The van der Waals surface area contributed by atoms with Gasteiger partial charge in [0.25, 0.3) is 0 Å². The van der Waals surface area contributed by atoms with Crippen LogP contribution in [0.4, 0.5) is 0 Å². The van der Waals surface area contributed by atoms with Gasteiger partial charge in [-0.3, -0.25) is 4.68 Å². The Morgan fingerprint density at radius 3 is 3.00 bits per heavy atom. The predicted octanol–water partition coefficient (Wildman–Crippen LogP) is 2.66. The zero-order chi connectivity index (χ0) is 12.4. The summed E-state index contributed by atoms with van der Waals surface area (Å²) in [6.45, 7) is 4.96. The van der Waals surface area contributed by atoms with Crippen molar-refractivity contribution in [2.24, 2.45) is 0 Å². The number of nitrogens with zero attached hydrogens (tertiary/aromatic N) is 2. The number of ether oxygens (including phenoxy) is 1. The van der Waals surface area contributed by atoms with Crippen LogP contribution in [0.3, 0.4) is 0 Å². The second-order valence-electron chi connectivity index (χ2n) is 4.61. The van der Waals surface area contributed by atoms with Crippen LogP contribution in [0.2, 0.25) is 0 Å². The van der Waals surface area contributed by atoms with Gasteiger partial charge in [-0.2, -0.15) is 5.10 Å². The Labute approximate surface area is 110 Å². The molecule has 1 aliphatic heterocycles. The molecule has 3 unspecified atom stereocenters. The topological polar surface area (TPSA) is 47.3 Å². The summed E-state index contributed by atoms with van der Waals surface area (Å²) in [6.07, 6.45) is 4.21. The molecule has 3 atom stereocenters. The highest BCUT2D eigenvalue weighted by Gasteiger charge is 2.32. The van der Waals surface area contributed by atoms with E-state index in [1.54, 1.807) is 6.20 Å². The first-order chi connectivity index (χ1) is 8.13. The maximum Gasteiger partial charge on any atom is 0.123 e. The van der Waals surface area contributed by atoms with E-state index in [1.807, 2.05) is 11.6 Å². The van der Waals surface area contributed by atoms with Gasteiger partial charge in [-0.15, -0.1) is 0 Å². The van der Waals surface area contributed by atoms with E-state index in [1.165, 1.54) is 0 Å². The van der Waals surface area contributed by atoms with E-state index in [0.717, 1.165) is 36.0 Å². The molecule has 5 heteroatoms. The van der Waals surface area contributed by atoms with Crippen molar-refractivity contribution in [2.75, 3.05) is 0 Å². The first-order valence-electron chi connectivity index (χ1n) is 6.18. The standard InChI is InChI=1S/C12H19BrN2O2/c1-3-6-15-11(9(13)7-14-15)12(16)10-5-4-8(2)17-10/h7-8,10,12,16H,3-6H2,1-2H3. The van der Waals surface area contributed by atoms with Gasteiger partial charge in [0.15, 0.2) is 0 Å². The number of hydrogen-bond acceptors (Lipinski definition) is 3. The molecule has 0 aliphatic carbocycles. The second kappa shape index (κ2) is 5.50. The quantitative estimate of drug-likeness (QED) is 0.930. The van der Waals surface area contributed by atoms with Crippen LogP contribution >= 0.6 is 15.9 Å². The average Bonchev–Trinajstić information content (AvgIpc) is 2.86. The third-order valence-corrected chi connectivity index (χ3v) is 3.78. The summed E-state index contributed by atoms with van der Waals surface area (Å²) in [5, 5.41) is 14.7. The Balaban J connectivity index is 2.17. The molecule has 17 heavy (non-hydrogen) atoms. The normalized spacial score (nSPS) is 26.4. The second-order valence-corrected chi connectivity index (χ2v) is 5.46. The fraction of sp³-hybridized carbons (Fsp3) is 0.750. The molecule has 0 amide bonds. The Morgan fingerprint density at radius 2 is 2.41 bits per heavy atom. The van der Waals surface area contributed by atoms with Crippen LogP contribution in [0.1, 0.15) is 44.9 Å². The number of hydrogen-bond donors (Lipinski definition) is 1. The van der Waals surface area contributed by atoms with Crippen LogP contribution in [-0.2, 0) is 11.3 Å². The van der Waals surface area contributed by atoms with Crippen molar-refractivity contribution < 1.29 is 9.84 Å². The van der Waals surface area contributed by atoms with Crippen LogP contribution in [-0.4, -0.2) is 27.1 Å². The number of rotatable bonds is 4. The van der Waals surface area contributed by atoms with E-state index in [0.29, 0.717) is 0 Å². The van der Waals surface area contributed by atoms with Crippen LogP contribution < -0.4 is 0 Å². The highest BCUT2D eigenvalue weighted by molar-refractivity contribution is 9.10. The Bertz CT molecular complexity index is 381. The smallest absolute Gasteiger partial charge is 0.123 e. The number of aromatic nitrogens is 2. The van der Waals surface area contributed by atoms with Gasteiger partial charge in [0.2, 0.25) is 0 Å². The van der Waals surface area contributed by atoms with Gasteiger partial charge in [0.1, 0.15) is 6.10 Å². The molecule has 0 radical (unpaired) electrons. The average molecular weight is 303 g/mol. The van der Waals surface area contributed by atoms with E-state index in [2.05, 4.69) is 28.0 Å². The highest BCUT2D eigenvalue weighted by Crippen LogP contribution is 2.33. The summed E-state index contributed by atoms with van der Waals surface area (Å²) in [6, 6.07) is 0. The minimum absolute atomic E-state index is 0.103. The molecule has 2 heterocycles. The van der Waals surface area contributed by atoms with Gasteiger partial charge < -0.3 is 9.84 Å². The predicted molar refractivity (Wildman–Crippen MR) is 68.7 cm³/mol. The zero-order valence-electron chi connectivity index (χ0n) is 10.3. The van der Waals surface area contributed by atoms with E-state index in [4.69, 9.17) is 4.74 Å². The molecular formula is C12H19BrN2O2. The molecule has 0 spiro atoms. The summed E-state index contributed by atoms with van der Waals surface area (Å²) < 4.78 is 8.45. The molecule has 1 aromatic rings. The molecule has 1 N–H and O–H groups in total. The van der Waals surface area contributed by atoms with Crippen LogP contribution in [0.15, 0.2) is 10.7 Å². The van der Waals surface area contributed by atoms with Crippen molar-refractivity contribution in [2.45, 2.75) is 58.0 Å². The van der Waals surface area contributed by atoms with Crippen LogP contribution in [0.25, 0.3) is 0 Å². The summed E-state index contributed by atoms with van der Waals surface area (Å²) in [4.78, 5) is 0. The van der Waals surface area contributed by atoms with E-state index < -0.39 is 6.10 Å². The summed E-state index contributed by atoms with van der Waals surface area (Å²) >= 11 is 3.45. The fourth-order valence-corrected chi connectivity index (χ4v) is 2.83. The van der Waals surface area contributed by atoms with E-state index in [9.17, 15) is 5.11 Å². The van der Waals surface area contributed by atoms with Crippen molar-refractivity contribution in [1.29, 1.82) is 0 Å². The lowest BCUT2D eigenvalue weighted by Crippen LogP contribution is -2.22. The Morgan fingerprint density at radius 1 is 1.65 bits per heavy atom. The minimum Gasteiger partial charge on any atom is -0.384 e. The summed E-state index contributed by atoms with van der Waals surface area (Å²) in [5.41, 5.74) is 0.839. The summed E-state index contributed by atoms with van der Waals surface area (Å²) in [7, 11) is 0. The van der Waals surface area contributed by atoms with Crippen molar-refractivity contribution in [3.63, 3.8) is 0 Å². The van der Waals surface area contributed by atoms with Crippen LogP contribution in [0, 0.1) is 0 Å². The maximum atomic E-state index is 10.4. The first-order valence-corrected chi connectivity index (χ1v) is 6.97. The lowest BCUT2D eigenvalue weighted by molar-refractivity contribution is -0.0335. The molecule has 1 fully saturated rings. The number of aliphatic hydroxyl groups excluding tert-OH is 1. The third kappa shape index (κ3) is 2.72. The molecule has 96 valence electrons. The third-order valence-electron chi connectivity index (χ3n) is 3.17. The molecule has 1 aliphatic rings. The van der Waals surface area contributed by atoms with Crippen molar-refractivity contribution in [1.82, 2.24) is 9.78 Å². The molecule has 2 rings (SSSR count). The molecule has 4 nitrogen and oxygen atoms in total. The van der Waals surface area contributed by atoms with E-state index in [-0.39, 0.29) is 12.2 Å². The highest BCUT2D eigenvalue weighted by atomic mass is 79.9. The summed E-state index contributed by atoms with van der Waals surface area (Å²) in [5.74, 6) is 0. The first kappa shape index (κ1) is 13.1. The van der Waals surface area contributed by atoms with Crippen molar-refractivity contribution in [3.05, 3.63) is 16.4 Å². The molecule has 0 bridgehead atoms. The van der Waals surface area contributed by atoms with Gasteiger partial charge in [-0.25, -0.2) is 0 Å².